The minimum absolute atomic E-state index is 0.129. The molecule has 0 heterocycles. The highest BCUT2D eigenvalue weighted by Crippen LogP contribution is 2.61. The highest BCUT2D eigenvalue weighted by molar-refractivity contribution is 5.47. The molecule has 0 saturated heterocycles. The van der Waals surface area contributed by atoms with E-state index >= 15 is 0 Å². The maximum Gasteiger partial charge on any atom is 0.125 e. The lowest BCUT2D eigenvalue weighted by Gasteiger charge is -2.59. The van der Waals surface area contributed by atoms with E-state index < -0.39 is 0 Å². The van der Waals surface area contributed by atoms with E-state index in [1.807, 2.05) is 6.92 Å². The van der Waals surface area contributed by atoms with Crippen LogP contribution in [0.1, 0.15) is 51.0 Å². The Kier molecular flexibility index (Phi) is 3.06. The van der Waals surface area contributed by atoms with Crippen LogP contribution in [0.3, 0.4) is 0 Å². The number of hydrogen-bond donors (Lipinski definition) is 1. The lowest BCUT2D eigenvalue weighted by molar-refractivity contribution is -0.0602. The van der Waals surface area contributed by atoms with Crippen molar-refractivity contribution in [1.29, 1.82) is 0 Å². The predicted molar refractivity (Wildman–Crippen MR) is 84.8 cm³/mol. The standard InChI is InChI=1S/C19H26FN/c1-12-3-17(20)8-18(4-12)21-13(2)19-9-14-5-15(10-19)7-16(6-14)11-19/h3-4,8,13-16,21H,5-7,9-11H2,1-2H3. The maximum absolute atomic E-state index is 13.6. The largest absolute Gasteiger partial charge is 0.382 e. The number of nitrogens with one attached hydrogen (secondary N) is 1. The van der Waals surface area contributed by atoms with Gasteiger partial charge < -0.3 is 5.32 Å². The summed E-state index contributed by atoms with van der Waals surface area (Å²) >= 11 is 0. The number of aryl methyl sites for hydroxylation is 1. The molecule has 1 N–H and O–H groups in total. The second-order valence-electron chi connectivity index (χ2n) is 8.16. The van der Waals surface area contributed by atoms with E-state index in [2.05, 4.69) is 18.3 Å². The molecule has 4 aliphatic carbocycles. The van der Waals surface area contributed by atoms with Gasteiger partial charge in [0.15, 0.2) is 0 Å². The third-order valence-electron chi connectivity index (χ3n) is 6.43. The summed E-state index contributed by atoms with van der Waals surface area (Å²) < 4.78 is 13.6. The molecule has 2 heteroatoms. The summed E-state index contributed by atoms with van der Waals surface area (Å²) in [7, 11) is 0. The summed E-state index contributed by atoms with van der Waals surface area (Å²) in [6, 6.07) is 5.76. The van der Waals surface area contributed by atoms with Crippen LogP contribution in [0, 0.1) is 35.9 Å². The van der Waals surface area contributed by atoms with Gasteiger partial charge in [-0.15, -0.1) is 0 Å². The van der Waals surface area contributed by atoms with Gasteiger partial charge >= 0.3 is 0 Å². The summed E-state index contributed by atoms with van der Waals surface area (Å²) in [5.41, 5.74) is 2.42. The van der Waals surface area contributed by atoms with Crippen molar-refractivity contribution in [1.82, 2.24) is 0 Å². The first kappa shape index (κ1) is 13.6. The first-order valence-electron chi connectivity index (χ1n) is 8.56. The van der Waals surface area contributed by atoms with Crippen LogP contribution in [0.25, 0.3) is 0 Å². The molecule has 1 unspecified atom stereocenters. The first-order chi connectivity index (χ1) is 10.0. The van der Waals surface area contributed by atoms with Gasteiger partial charge in [0.1, 0.15) is 5.82 Å². The Labute approximate surface area is 127 Å². The molecule has 4 fully saturated rings. The van der Waals surface area contributed by atoms with Crippen molar-refractivity contribution in [2.45, 2.75) is 58.4 Å². The Balaban J connectivity index is 1.55. The fourth-order valence-corrected chi connectivity index (χ4v) is 5.93. The molecule has 4 saturated carbocycles. The van der Waals surface area contributed by atoms with Gasteiger partial charge in [0, 0.05) is 11.7 Å². The lowest BCUT2D eigenvalue weighted by Crippen LogP contribution is -2.52. The van der Waals surface area contributed by atoms with E-state index in [-0.39, 0.29) is 5.82 Å². The molecule has 1 nitrogen and oxygen atoms in total. The van der Waals surface area contributed by atoms with Gasteiger partial charge in [0.2, 0.25) is 0 Å². The molecule has 4 aliphatic rings. The predicted octanol–water partition coefficient (Wildman–Crippen LogP) is 5.15. The van der Waals surface area contributed by atoms with Gasteiger partial charge in [-0.25, -0.2) is 4.39 Å². The number of halogens is 1. The first-order valence-corrected chi connectivity index (χ1v) is 8.56. The van der Waals surface area contributed by atoms with E-state index in [1.165, 1.54) is 38.5 Å². The highest BCUT2D eigenvalue weighted by atomic mass is 19.1. The SMILES string of the molecule is Cc1cc(F)cc(NC(C)C23CC4CC(CC(C4)C2)C3)c1. The van der Waals surface area contributed by atoms with Gasteiger partial charge in [-0.3, -0.25) is 0 Å². The number of benzene rings is 1. The van der Waals surface area contributed by atoms with Gasteiger partial charge in [-0.1, -0.05) is 0 Å². The summed E-state index contributed by atoms with van der Waals surface area (Å²) in [5, 5.41) is 3.64. The van der Waals surface area contributed by atoms with E-state index in [0.29, 0.717) is 11.5 Å². The molecule has 5 rings (SSSR count). The second-order valence-corrected chi connectivity index (χ2v) is 8.16. The van der Waals surface area contributed by atoms with Crippen molar-refractivity contribution >= 4 is 5.69 Å². The fraction of sp³-hybridized carbons (Fsp3) is 0.684. The Bertz CT molecular complexity index is 495. The molecular weight excluding hydrogens is 261 g/mol. The van der Waals surface area contributed by atoms with Crippen LogP contribution in [0.15, 0.2) is 18.2 Å². The second kappa shape index (κ2) is 4.72. The van der Waals surface area contributed by atoms with Crippen LogP contribution in [0.5, 0.6) is 0 Å². The molecule has 21 heavy (non-hydrogen) atoms. The molecule has 1 aromatic rings. The Hall–Kier alpha value is -1.05. The fourth-order valence-electron chi connectivity index (χ4n) is 5.93. The highest BCUT2D eigenvalue weighted by Gasteiger charge is 2.53. The molecular formula is C19H26FN. The van der Waals surface area contributed by atoms with E-state index in [0.717, 1.165) is 29.0 Å². The molecule has 4 bridgehead atoms. The lowest BCUT2D eigenvalue weighted by atomic mass is 9.48. The van der Waals surface area contributed by atoms with Crippen molar-refractivity contribution in [3.8, 4) is 0 Å². The minimum atomic E-state index is -0.129. The summed E-state index contributed by atoms with van der Waals surface area (Å²) in [6.45, 7) is 4.29. The Morgan fingerprint density at radius 1 is 1.05 bits per heavy atom. The zero-order chi connectivity index (χ0) is 14.6. The number of hydrogen-bond acceptors (Lipinski definition) is 1. The number of rotatable bonds is 3. The average molecular weight is 287 g/mol. The van der Waals surface area contributed by atoms with Gasteiger partial charge in [0.25, 0.3) is 0 Å². The molecule has 0 aromatic heterocycles. The van der Waals surface area contributed by atoms with Gasteiger partial charge in [-0.2, -0.15) is 0 Å². The Morgan fingerprint density at radius 2 is 1.62 bits per heavy atom. The van der Waals surface area contributed by atoms with Crippen LogP contribution in [0.2, 0.25) is 0 Å². The molecule has 0 amide bonds. The smallest absolute Gasteiger partial charge is 0.125 e. The monoisotopic (exact) mass is 287 g/mol. The molecule has 0 radical (unpaired) electrons. The summed E-state index contributed by atoms with van der Waals surface area (Å²) in [5.74, 6) is 2.77. The normalized spacial score (nSPS) is 38.5. The van der Waals surface area contributed by atoms with Gasteiger partial charge in [0.05, 0.1) is 0 Å². The van der Waals surface area contributed by atoms with Crippen molar-refractivity contribution in [2.75, 3.05) is 5.32 Å². The maximum atomic E-state index is 13.6. The quantitative estimate of drug-likeness (QED) is 0.810. The molecule has 1 aromatic carbocycles. The zero-order valence-electron chi connectivity index (χ0n) is 13.2. The molecule has 114 valence electrons. The third kappa shape index (κ3) is 2.37. The van der Waals surface area contributed by atoms with Crippen molar-refractivity contribution in [3.63, 3.8) is 0 Å². The van der Waals surface area contributed by atoms with Crippen molar-refractivity contribution in [3.05, 3.63) is 29.6 Å². The van der Waals surface area contributed by atoms with Crippen molar-refractivity contribution < 1.29 is 4.39 Å². The topological polar surface area (TPSA) is 12.0 Å². The van der Waals surface area contributed by atoms with Crippen LogP contribution in [0.4, 0.5) is 10.1 Å². The van der Waals surface area contributed by atoms with E-state index in [1.54, 1.807) is 12.1 Å². The van der Waals surface area contributed by atoms with Crippen LogP contribution >= 0.6 is 0 Å². The third-order valence-corrected chi connectivity index (χ3v) is 6.43. The average Bonchev–Trinajstić information content (AvgIpc) is 2.35. The Morgan fingerprint density at radius 3 is 2.14 bits per heavy atom. The molecule has 0 aliphatic heterocycles. The minimum Gasteiger partial charge on any atom is -0.382 e. The van der Waals surface area contributed by atoms with Crippen LogP contribution < -0.4 is 5.32 Å². The van der Waals surface area contributed by atoms with Crippen LogP contribution in [-0.4, -0.2) is 6.04 Å². The summed E-state index contributed by atoms with van der Waals surface area (Å²) in [6.07, 6.45) is 8.60. The molecule has 0 spiro atoms. The van der Waals surface area contributed by atoms with Gasteiger partial charge in [-0.05, 0) is 99.3 Å². The number of anilines is 1. The van der Waals surface area contributed by atoms with E-state index in [4.69, 9.17) is 0 Å². The summed E-state index contributed by atoms with van der Waals surface area (Å²) in [4.78, 5) is 0. The van der Waals surface area contributed by atoms with E-state index in [9.17, 15) is 4.39 Å². The molecule has 1 atom stereocenters. The van der Waals surface area contributed by atoms with Crippen LogP contribution in [-0.2, 0) is 0 Å². The zero-order valence-corrected chi connectivity index (χ0v) is 13.2. The van der Waals surface area contributed by atoms with Crippen molar-refractivity contribution in [2.24, 2.45) is 23.2 Å².